The Morgan fingerprint density at radius 2 is 1.71 bits per heavy atom. The third-order valence-electron chi connectivity index (χ3n) is 3.89. The Bertz CT molecular complexity index is 682. The van der Waals surface area contributed by atoms with E-state index in [4.69, 9.17) is 9.47 Å². The van der Waals surface area contributed by atoms with E-state index in [1.54, 1.807) is 25.2 Å². The number of nitrogens with one attached hydrogen (secondary N) is 1. The molecule has 0 saturated heterocycles. The highest BCUT2D eigenvalue weighted by Crippen LogP contribution is 2.34. The molecule has 0 bridgehead atoms. The van der Waals surface area contributed by atoms with Gasteiger partial charge in [-0.2, -0.15) is 0 Å². The molecule has 130 valence electrons. The molecule has 0 fully saturated rings. The van der Waals surface area contributed by atoms with Crippen LogP contribution in [0.3, 0.4) is 0 Å². The molecule has 0 heterocycles. The number of nitro groups is 1. The van der Waals surface area contributed by atoms with Crippen LogP contribution >= 0.6 is 12.4 Å². The van der Waals surface area contributed by atoms with Crippen molar-refractivity contribution in [2.75, 3.05) is 21.3 Å². The van der Waals surface area contributed by atoms with Crippen LogP contribution in [0.25, 0.3) is 0 Å². The normalized spacial score (nSPS) is 12.6. The third-order valence-corrected chi connectivity index (χ3v) is 3.89. The number of hydrogen-bond donors (Lipinski definition) is 1. The van der Waals surface area contributed by atoms with Crippen molar-refractivity contribution >= 4 is 12.4 Å². The summed E-state index contributed by atoms with van der Waals surface area (Å²) in [7, 11) is 4.62. The van der Waals surface area contributed by atoms with Gasteiger partial charge in [-0.05, 0) is 30.8 Å². The molecule has 0 radical (unpaired) electrons. The van der Waals surface area contributed by atoms with Gasteiger partial charge >= 0.3 is 5.66 Å². The van der Waals surface area contributed by atoms with Crippen molar-refractivity contribution in [2.24, 2.45) is 0 Å². The molecule has 1 atom stereocenters. The lowest BCUT2D eigenvalue weighted by Gasteiger charge is -2.26. The van der Waals surface area contributed by atoms with Gasteiger partial charge in [0.1, 0.15) is 0 Å². The summed E-state index contributed by atoms with van der Waals surface area (Å²) >= 11 is 0. The second-order valence-corrected chi connectivity index (χ2v) is 5.10. The smallest absolute Gasteiger partial charge is 0.304 e. The van der Waals surface area contributed by atoms with Gasteiger partial charge in [0.2, 0.25) is 0 Å². The maximum Gasteiger partial charge on any atom is 0.304 e. The fraction of sp³-hybridized carbons (Fsp3) is 0.294. The predicted octanol–water partition coefficient (Wildman–Crippen LogP) is 3.02. The summed E-state index contributed by atoms with van der Waals surface area (Å²) < 4.78 is 10.5. The van der Waals surface area contributed by atoms with Gasteiger partial charge in [-0.1, -0.05) is 30.3 Å². The number of methoxy groups -OCH3 is 2. The van der Waals surface area contributed by atoms with Gasteiger partial charge in [-0.25, -0.2) is 0 Å². The van der Waals surface area contributed by atoms with E-state index in [1.165, 1.54) is 14.2 Å². The first-order valence-electron chi connectivity index (χ1n) is 7.17. The lowest BCUT2D eigenvalue weighted by molar-refractivity contribution is -0.587. The van der Waals surface area contributed by atoms with E-state index < -0.39 is 5.66 Å². The van der Waals surface area contributed by atoms with E-state index in [0.29, 0.717) is 17.1 Å². The van der Waals surface area contributed by atoms with Gasteiger partial charge in [0.15, 0.2) is 11.5 Å². The molecular formula is C17H21ClN2O4. The second-order valence-electron chi connectivity index (χ2n) is 5.10. The zero-order valence-corrected chi connectivity index (χ0v) is 14.6. The fourth-order valence-electron chi connectivity index (χ4n) is 2.58. The van der Waals surface area contributed by atoms with E-state index in [0.717, 1.165) is 5.56 Å². The molecule has 2 aromatic carbocycles. The molecule has 7 heteroatoms. The van der Waals surface area contributed by atoms with E-state index in [1.807, 2.05) is 30.3 Å². The Kier molecular flexibility index (Phi) is 7.00. The van der Waals surface area contributed by atoms with Crippen LogP contribution in [0, 0.1) is 10.1 Å². The van der Waals surface area contributed by atoms with E-state index >= 15 is 0 Å². The molecule has 6 nitrogen and oxygen atoms in total. The molecule has 0 aromatic heterocycles. The lowest BCUT2D eigenvalue weighted by Crippen LogP contribution is -2.49. The molecule has 0 spiro atoms. The minimum Gasteiger partial charge on any atom is -0.493 e. The van der Waals surface area contributed by atoms with Crippen LogP contribution in [0.5, 0.6) is 11.5 Å². The topological polar surface area (TPSA) is 73.6 Å². The molecule has 0 saturated carbocycles. The van der Waals surface area contributed by atoms with Crippen LogP contribution in [0.1, 0.15) is 11.1 Å². The maximum absolute atomic E-state index is 11.9. The summed E-state index contributed by atoms with van der Waals surface area (Å²) in [6, 6.07) is 14.4. The average molecular weight is 353 g/mol. The van der Waals surface area contributed by atoms with Crippen molar-refractivity contribution in [3.05, 3.63) is 69.8 Å². The standard InChI is InChI=1S/C17H20N2O4.ClH/c1-18-17(19(20)21,12-13-7-5-4-6-8-13)14-9-10-15(22-2)16(11-14)23-3;/h4-11,18H,12H2,1-3H3;1H. The van der Waals surface area contributed by atoms with E-state index in [9.17, 15) is 10.1 Å². The SMILES string of the molecule is CNC(Cc1ccccc1)(c1ccc(OC)c(OC)c1)[N+](=O)[O-].Cl. The van der Waals surface area contributed by atoms with Crippen molar-refractivity contribution in [3.63, 3.8) is 0 Å². The highest BCUT2D eigenvalue weighted by Gasteiger charge is 2.44. The Balaban J connectivity index is 0.00000288. The summed E-state index contributed by atoms with van der Waals surface area (Å²) in [5, 5.41) is 14.8. The number of halogens is 1. The van der Waals surface area contributed by atoms with Crippen molar-refractivity contribution in [2.45, 2.75) is 12.1 Å². The molecule has 2 aromatic rings. The highest BCUT2D eigenvalue weighted by molar-refractivity contribution is 5.85. The molecule has 0 aliphatic carbocycles. The minimum atomic E-state index is -1.44. The molecule has 0 aliphatic heterocycles. The number of benzene rings is 2. The van der Waals surface area contributed by atoms with Crippen LogP contribution in [-0.4, -0.2) is 26.2 Å². The first kappa shape index (κ1) is 19.7. The highest BCUT2D eigenvalue weighted by atomic mass is 35.5. The monoisotopic (exact) mass is 352 g/mol. The summed E-state index contributed by atoms with van der Waals surface area (Å²) in [5.41, 5.74) is -0.0687. The molecule has 1 unspecified atom stereocenters. The van der Waals surface area contributed by atoms with Crippen LogP contribution in [0.15, 0.2) is 48.5 Å². The Hall–Kier alpha value is -2.31. The number of likely N-dealkylation sites (N-methyl/N-ethyl adjacent to an activating group) is 1. The first-order valence-corrected chi connectivity index (χ1v) is 7.17. The van der Waals surface area contributed by atoms with Gasteiger partial charge in [0.05, 0.1) is 20.6 Å². The van der Waals surface area contributed by atoms with Crippen molar-refractivity contribution < 1.29 is 14.4 Å². The van der Waals surface area contributed by atoms with Crippen LogP contribution in [0.4, 0.5) is 0 Å². The van der Waals surface area contributed by atoms with Gasteiger partial charge in [-0.3, -0.25) is 15.4 Å². The van der Waals surface area contributed by atoms with Crippen LogP contribution in [0.2, 0.25) is 0 Å². The van der Waals surface area contributed by atoms with Gasteiger partial charge < -0.3 is 9.47 Å². The average Bonchev–Trinajstić information content (AvgIpc) is 2.59. The summed E-state index contributed by atoms with van der Waals surface area (Å²) in [6.07, 6.45) is 0.215. The van der Waals surface area contributed by atoms with Gasteiger partial charge in [0.25, 0.3) is 0 Å². The van der Waals surface area contributed by atoms with Crippen LogP contribution in [-0.2, 0) is 12.1 Å². The Morgan fingerprint density at radius 1 is 1.08 bits per heavy atom. The zero-order chi connectivity index (χ0) is 16.9. The number of rotatable bonds is 7. The largest absolute Gasteiger partial charge is 0.493 e. The third kappa shape index (κ3) is 3.77. The molecule has 24 heavy (non-hydrogen) atoms. The van der Waals surface area contributed by atoms with E-state index in [-0.39, 0.29) is 23.8 Å². The summed E-state index contributed by atoms with van der Waals surface area (Å²) in [6.45, 7) is 0. The number of nitrogens with zero attached hydrogens (tertiary/aromatic N) is 1. The van der Waals surface area contributed by atoms with Crippen molar-refractivity contribution in [3.8, 4) is 11.5 Å². The van der Waals surface area contributed by atoms with Crippen molar-refractivity contribution in [1.82, 2.24) is 5.32 Å². The lowest BCUT2D eigenvalue weighted by atomic mass is 9.92. The molecular weight excluding hydrogens is 332 g/mol. The zero-order valence-electron chi connectivity index (χ0n) is 13.8. The molecule has 0 aliphatic rings. The van der Waals surface area contributed by atoms with Gasteiger partial charge in [0, 0.05) is 10.5 Å². The molecule has 0 amide bonds. The summed E-state index contributed by atoms with van der Waals surface area (Å²) in [5.74, 6) is 0.990. The molecule has 1 N–H and O–H groups in total. The second kappa shape index (κ2) is 8.52. The quantitative estimate of drug-likeness (QED) is 0.471. The number of ether oxygens (including phenoxy) is 2. The first-order chi connectivity index (χ1) is 11.1. The molecule has 2 rings (SSSR count). The summed E-state index contributed by atoms with van der Waals surface area (Å²) in [4.78, 5) is 11.6. The Labute approximate surface area is 147 Å². The van der Waals surface area contributed by atoms with E-state index in [2.05, 4.69) is 5.32 Å². The van der Waals surface area contributed by atoms with Crippen LogP contribution < -0.4 is 14.8 Å². The maximum atomic E-state index is 11.9. The minimum absolute atomic E-state index is 0. The fourth-order valence-corrected chi connectivity index (χ4v) is 2.58. The predicted molar refractivity (Wildman–Crippen MR) is 94.7 cm³/mol. The Morgan fingerprint density at radius 3 is 2.21 bits per heavy atom. The van der Waals surface area contributed by atoms with Gasteiger partial charge in [-0.15, -0.1) is 12.4 Å². The van der Waals surface area contributed by atoms with Crippen molar-refractivity contribution in [1.29, 1.82) is 0 Å². The number of hydrogen-bond acceptors (Lipinski definition) is 5.